The van der Waals surface area contributed by atoms with Crippen LogP contribution in [-0.4, -0.2) is 25.8 Å². The van der Waals surface area contributed by atoms with E-state index < -0.39 is 0 Å². The molecule has 2 aliphatic heterocycles. The van der Waals surface area contributed by atoms with Crippen LogP contribution in [0.4, 0.5) is 0 Å². The van der Waals surface area contributed by atoms with Crippen LogP contribution in [-0.2, 0) is 6.42 Å². The van der Waals surface area contributed by atoms with E-state index in [1.54, 1.807) is 0 Å². The highest BCUT2D eigenvalue weighted by Gasteiger charge is 2.08. The van der Waals surface area contributed by atoms with Crippen LogP contribution < -0.4 is 0 Å². The molecule has 0 saturated heterocycles. The summed E-state index contributed by atoms with van der Waals surface area (Å²) in [6.45, 7) is 0. The summed E-state index contributed by atoms with van der Waals surface area (Å²) in [5.41, 5.74) is 8.92. The Hall–Kier alpha value is -3.11. The van der Waals surface area contributed by atoms with E-state index in [9.17, 15) is 0 Å². The number of hydrogen-bond acceptors (Lipinski definition) is 2. The minimum Gasteiger partial charge on any atom is -0.355 e. The first kappa shape index (κ1) is 16.1. The second-order valence-corrected chi connectivity index (χ2v) is 6.97. The van der Waals surface area contributed by atoms with Crippen LogP contribution in [0.3, 0.4) is 0 Å². The third-order valence-corrected chi connectivity index (χ3v) is 4.86. The SMILES string of the molecule is ClCCc1c2nc(cc3nc(cc4ccc(cc5ccc1[nH]5)[nH]4)C=C3)C=C2. The standard InChI is InChI=1S/C22H17ClN4/c23-10-9-20-21-7-5-18(26-21)12-16-3-1-14(24-16)11-15-2-4-17(25-15)13-19-6-8-22(20)27-19/h1-8,11-13,24,26H,9-10H2. The van der Waals surface area contributed by atoms with E-state index in [-0.39, 0.29) is 0 Å². The van der Waals surface area contributed by atoms with Crippen molar-refractivity contribution in [2.45, 2.75) is 6.42 Å². The van der Waals surface area contributed by atoms with Gasteiger partial charge in [-0.05, 0) is 73.2 Å². The Kier molecular flexibility index (Phi) is 3.91. The molecule has 8 bridgehead atoms. The lowest BCUT2D eigenvalue weighted by molar-refractivity contribution is 1.12. The molecule has 2 aliphatic rings. The normalized spacial score (nSPS) is 12.6. The lowest BCUT2D eigenvalue weighted by atomic mass is 10.1. The van der Waals surface area contributed by atoms with Crippen LogP contribution in [0, 0.1) is 0 Å². The third-order valence-electron chi connectivity index (χ3n) is 4.67. The predicted octanol–water partition coefficient (Wildman–Crippen LogP) is 5.44. The highest BCUT2D eigenvalue weighted by atomic mass is 35.5. The molecule has 0 unspecified atom stereocenters. The Bertz CT molecular complexity index is 1240. The molecule has 27 heavy (non-hydrogen) atoms. The zero-order valence-corrected chi connectivity index (χ0v) is 15.3. The molecule has 0 aliphatic carbocycles. The molecule has 3 aromatic heterocycles. The minimum atomic E-state index is 0.545. The van der Waals surface area contributed by atoms with E-state index >= 15 is 0 Å². The molecule has 4 nitrogen and oxygen atoms in total. The molecule has 0 amide bonds. The molecule has 5 rings (SSSR count). The number of H-pyrrole nitrogens is 2. The summed E-state index contributed by atoms with van der Waals surface area (Å²) < 4.78 is 0. The second-order valence-electron chi connectivity index (χ2n) is 6.60. The lowest BCUT2D eigenvalue weighted by Crippen LogP contribution is -1.91. The van der Waals surface area contributed by atoms with E-state index in [1.807, 2.05) is 36.4 Å². The molecule has 0 spiro atoms. The van der Waals surface area contributed by atoms with Crippen LogP contribution in [0.2, 0.25) is 0 Å². The highest BCUT2D eigenvalue weighted by molar-refractivity contribution is 6.18. The molecule has 5 heteroatoms. The van der Waals surface area contributed by atoms with Crippen molar-refractivity contribution in [1.82, 2.24) is 19.9 Å². The van der Waals surface area contributed by atoms with Crippen molar-refractivity contribution in [3.8, 4) is 0 Å². The Labute approximate surface area is 161 Å². The van der Waals surface area contributed by atoms with Gasteiger partial charge in [0.2, 0.25) is 0 Å². The molecule has 0 aromatic carbocycles. The van der Waals surface area contributed by atoms with E-state index in [1.165, 1.54) is 0 Å². The predicted molar refractivity (Wildman–Crippen MR) is 113 cm³/mol. The van der Waals surface area contributed by atoms with Crippen molar-refractivity contribution in [1.29, 1.82) is 0 Å². The number of nitrogens with one attached hydrogen (secondary N) is 2. The summed E-state index contributed by atoms with van der Waals surface area (Å²) in [5, 5.41) is 0. The number of rotatable bonds is 2. The number of aromatic amines is 2. The number of aryl methyl sites for hydroxylation is 1. The van der Waals surface area contributed by atoms with Crippen LogP contribution in [0.1, 0.15) is 28.3 Å². The van der Waals surface area contributed by atoms with Gasteiger partial charge in [0.05, 0.1) is 22.8 Å². The average molecular weight is 373 g/mol. The fraction of sp³-hybridized carbons (Fsp3) is 0.0909. The first-order chi connectivity index (χ1) is 13.3. The fourth-order valence-electron chi connectivity index (χ4n) is 3.43. The summed E-state index contributed by atoms with van der Waals surface area (Å²) in [4.78, 5) is 16.3. The maximum atomic E-state index is 6.07. The van der Waals surface area contributed by atoms with Gasteiger partial charge in [-0.15, -0.1) is 11.6 Å². The van der Waals surface area contributed by atoms with Crippen LogP contribution >= 0.6 is 11.6 Å². The Morgan fingerprint density at radius 3 is 2.22 bits per heavy atom. The zero-order chi connectivity index (χ0) is 18.2. The number of hydrogen-bond donors (Lipinski definition) is 2. The van der Waals surface area contributed by atoms with Gasteiger partial charge in [0, 0.05) is 33.5 Å². The van der Waals surface area contributed by atoms with Gasteiger partial charge >= 0.3 is 0 Å². The van der Waals surface area contributed by atoms with Crippen LogP contribution in [0.5, 0.6) is 0 Å². The van der Waals surface area contributed by atoms with E-state index in [4.69, 9.17) is 16.6 Å². The number of fused-ring (bicyclic) bond motifs is 8. The van der Waals surface area contributed by atoms with Crippen molar-refractivity contribution in [3.63, 3.8) is 0 Å². The van der Waals surface area contributed by atoms with E-state index in [2.05, 4.69) is 45.3 Å². The maximum Gasteiger partial charge on any atom is 0.0690 e. The highest BCUT2D eigenvalue weighted by Crippen LogP contribution is 2.21. The molecule has 132 valence electrons. The molecule has 5 heterocycles. The first-order valence-electron chi connectivity index (χ1n) is 8.89. The number of halogens is 1. The Morgan fingerprint density at radius 1 is 0.704 bits per heavy atom. The quantitative estimate of drug-likeness (QED) is 0.405. The molecule has 0 fully saturated rings. The van der Waals surface area contributed by atoms with Gasteiger partial charge in [0.15, 0.2) is 0 Å². The van der Waals surface area contributed by atoms with Crippen LogP contribution in [0.15, 0.2) is 42.5 Å². The summed E-state index contributed by atoms with van der Waals surface area (Å²) in [7, 11) is 0. The number of aromatic nitrogens is 4. The van der Waals surface area contributed by atoms with Crippen LogP contribution in [0.25, 0.3) is 46.4 Å². The van der Waals surface area contributed by atoms with Gasteiger partial charge in [-0.25, -0.2) is 9.97 Å². The smallest absolute Gasteiger partial charge is 0.0690 e. The molecular formula is C22H17ClN4. The Morgan fingerprint density at radius 2 is 1.37 bits per heavy atom. The number of alkyl halides is 1. The van der Waals surface area contributed by atoms with Crippen molar-refractivity contribution >= 4 is 58.0 Å². The third kappa shape index (κ3) is 3.20. The summed E-state index contributed by atoms with van der Waals surface area (Å²) >= 11 is 6.07. The average Bonchev–Trinajstić information content (AvgIpc) is 3.43. The summed E-state index contributed by atoms with van der Waals surface area (Å²) in [6.07, 6.45) is 8.84. The van der Waals surface area contributed by atoms with Crippen molar-refractivity contribution in [2.75, 3.05) is 5.88 Å². The largest absolute Gasteiger partial charge is 0.355 e. The minimum absolute atomic E-state index is 0.545. The van der Waals surface area contributed by atoms with E-state index in [0.717, 1.165) is 56.8 Å². The van der Waals surface area contributed by atoms with Gasteiger partial charge in [-0.3, -0.25) is 0 Å². The summed E-state index contributed by atoms with van der Waals surface area (Å²) in [5.74, 6) is 0.545. The van der Waals surface area contributed by atoms with Gasteiger partial charge in [0.1, 0.15) is 0 Å². The van der Waals surface area contributed by atoms with Gasteiger partial charge in [0.25, 0.3) is 0 Å². The molecule has 0 radical (unpaired) electrons. The summed E-state index contributed by atoms with van der Waals surface area (Å²) in [6, 6.07) is 14.4. The van der Waals surface area contributed by atoms with Crippen molar-refractivity contribution in [3.05, 3.63) is 70.8 Å². The van der Waals surface area contributed by atoms with Crippen molar-refractivity contribution in [2.24, 2.45) is 0 Å². The van der Waals surface area contributed by atoms with Gasteiger partial charge in [-0.2, -0.15) is 0 Å². The molecule has 0 saturated carbocycles. The molecule has 2 N–H and O–H groups in total. The van der Waals surface area contributed by atoms with Crippen molar-refractivity contribution < 1.29 is 0 Å². The van der Waals surface area contributed by atoms with E-state index in [0.29, 0.717) is 5.88 Å². The second kappa shape index (κ2) is 6.56. The monoisotopic (exact) mass is 372 g/mol. The Balaban J connectivity index is 1.86. The molecule has 0 atom stereocenters. The van der Waals surface area contributed by atoms with Gasteiger partial charge < -0.3 is 9.97 Å². The fourth-order valence-corrected chi connectivity index (χ4v) is 3.61. The zero-order valence-electron chi connectivity index (χ0n) is 14.5. The molecular weight excluding hydrogens is 356 g/mol. The number of nitrogens with zero attached hydrogens (tertiary/aromatic N) is 2. The maximum absolute atomic E-state index is 6.07. The molecule has 3 aromatic rings. The lowest BCUT2D eigenvalue weighted by Gasteiger charge is -1.99. The topological polar surface area (TPSA) is 57.4 Å². The van der Waals surface area contributed by atoms with Gasteiger partial charge in [-0.1, -0.05) is 0 Å². The first-order valence-corrected chi connectivity index (χ1v) is 9.42.